The fraction of sp³-hybridized carbons (Fsp3) is 0.412. The molecule has 7 heteroatoms. The Kier molecular flexibility index (Phi) is 4.75. The smallest absolute Gasteiger partial charge is 0.273 e. The summed E-state index contributed by atoms with van der Waals surface area (Å²) in [7, 11) is 0. The molecule has 1 fully saturated rings. The van der Waals surface area contributed by atoms with Gasteiger partial charge in [0.05, 0.1) is 5.56 Å². The molecular formula is C17H19N5O2. The lowest BCUT2D eigenvalue weighted by Gasteiger charge is -2.33. The Labute approximate surface area is 140 Å². The van der Waals surface area contributed by atoms with Gasteiger partial charge in [-0.3, -0.25) is 4.79 Å². The predicted molar refractivity (Wildman–Crippen MR) is 87.5 cm³/mol. The Bertz CT molecular complexity index is 756. The molecule has 0 radical (unpaired) electrons. The first-order valence-corrected chi connectivity index (χ1v) is 8.06. The van der Waals surface area contributed by atoms with E-state index in [1.165, 1.54) is 6.39 Å². The van der Waals surface area contributed by atoms with Gasteiger partial charge in [0.15, 0.2) is 12.1 Å². The van der Waals surface area contributed by atoms with Crippen molar-refractivity contribution in [1.82, 2.24) is 15.3 Å². The largest absolute Gasteiger partial charge is 0.448 e. The molecule has 1 N–H and O–H groups in total. The second-order valence-corrected chi connectivity index (χ2v) is 5.70. The number of amides is 1. The third kappa shape index (κ3) is 3.23. The number of oxazole rings is 1. The summed E-state index contributed by atoms with van der Waals surface area (Å²) in [5.74, 6) is 1.14. The van der Waals surface area contributed by atoms with E-state index in [1.807, 2.05) is 6.92 Å². The van der Waals surface area contributed by atoms with Crippen LogP contribution < -0.4 is 10.2 Å². The summed E-state index contributed by atoms with van der Waals surface area (Å²) in [5.41, 5.74) is 0.951. The van der Waals surface area contributed by atoms with Gasteiger partial charge >= 0.3 is 0 Å². The summed E-state index contributed by atoms with van der Waals surface area (Å²) in [6, 6.07) is 5.80. The van der Waals surface area contributed by atoms with Crippen molar-refractivity contribution in [2.75, 3.05) is 18.0 Å². The molecule has 7 nitrogen and oxygen atoms in total. The zero-order valence-electron chi connectivity index (χ0n) is 13.5. The van der Waals surface area contributed by atoms with Gasteiger partial charge in [-0.05, 0) is 25.0 Å². The van der Waals surface area contributed by atoms with E-state index in [0.29, 0.717) is 23.4 Å². The number of anilines is 1. The second kappa shape index (κ2) is 7.13. The first kappa shape index (κ1) is 16.0. The molecule has 0 bridgehead atoms. The summed E-state index contributed by atoms with van der Waals surface area (Å²) in [5, 5.41) is 12.2. The minimum Gasteiger partial charge on any atom is -0.448 e. The van der Waals surface area contributed by atoms with Gasteiger partial charge in [0.25, 0.3) is 5.91 Å². The zero-order chi connectivity index (χ0) is 16.9. The van der Waals surface area contributed by atoms with Crippen LogP contribution in [0.1, 0.15) is 41.6 Å². The molecule has 3 heterocycles. The van der Waals surface area contributed by atoms with Gasteiger partial charge < -0.3 is 14.6 Å². The summed E-state index contributed by atoms with van der Waals surface area (Å²) in [4.78, 5) is 22.7. The van der Waals surface area contributed by atoms with Crippen LogP contribution in [0.25, 0.3) is 0 Å². The Hall–Kier alpha value is -2.88. The van der Waals surface area contributed by atoms with Gasteiger partial charge in [0.2, 0.25) is 0 Å². The summed E-state index contributed by atoms with van der Waals surface area (Å²) >= 11 is 0. The van der Waals surface area contributed by atoms with Crippen LogP contribution in [0.2, 0.25) is 0 Å². The van der Waals surface area contributed by atoms with Crippen LogP contribution in [-0.4, -0.2) is 35.0 Å². The molecule has 0 unspecified atom stereocenters. The molecule has 124 valence electrons. The molecule has 2 aromatic heterocycles. The van der Waals surface area contributed by atoms with E-state index in [9.17, 15) is 10.1 Å². The Morgan fingerprint density at radius 1 is 1.46 bits per heavy atom. The number of hydrogen-bond acceptors (Lipinski definition) is 6. The molecule has 0 aliphatic carbocycles. The topological polar surface area (TPSA) is 95.1 Å². The van der Waals surface area contributed by atoms with Crippen molar-refractivity contribution in [3.8, 4) is 6.07 Å². The Morgan fingerprint density at radius 3 is 2.96 bits per heavy atom. The lowest BCUT2D eigenvalue weighted by molar-refractivity contribution is 0.0924. The van der Waals surface area contributed by atoms with Crippen molar-refractivity contribution in [2.45, 2.75) is 32.2 Å². The van der Waals surface area contributed by atoms with Gasteiger partial charge in [0.1, 0.15) is 17.6 Å². The fourth-order valence-electron chi connectivity index (χ4n) is 2.93. The van der Waals surface area contributed by atoms with E-state index in [4.69, 9.17) is 4.42 Å². The molecule has 1 saturated heterocycles. The highest BCUT2D eigenvalue weighted by atomic mass is 16.3. The van der Waals surface area contributed by atoms with Crippen LogP contribution in [-0.2, 0) is 6.42 Å². The molecule has 1 amide bonds. The minimum atomic E-state index is -0.186. The number of aromatic nitrogens is 2. The van der Waals surface area contributed by atoms with Crippen molar-refractivity contribution < 1.29 is 9.21 Å². The van der Waals surface area contributed by atoms with Crippen LogP contribution in [0.4, 0.5) is 5.82 Å². The number of piperidine rings is 1. The number of pyridine rings is 1. The zero-order valence-corrected chi connectivity index (χ0v) is 13.5. The number of nitrogens with zero attached hydrogens (tertiary/aromatic N) is 4. The number of hydrogen-bond donors (Lipinski definition) is 1. The van der Waals surface area contributed by atoms with Crippen molar-refractivity contribution >= 4 is 11.7 Å². The third-order valence-electron chi connectivity index (χ3n) is 4.21. The van der Waals surface area contributed by atoms with Crippen molar-refractivity contribution in [3.05, 3.63) is 41.7 Å². The highest BCUT2D eigenvalue weighted by molar-refractivity contribution is 5.93. The second-order valence-electron chi connectivity index (χ2n) is 5.70. The van der Waals surface area contributed by atoms with Gasteiger partial charge in [-0.1, -0.05) is 6.92 Å². The van der Waals surface area contributed by atoms with Crippen LogP contribution in [0, 0.1) is 11.3 Å². The SMILES string of the molecule is CCc1ocnc1C(=O)NC1CCN(c2ncccc2C#N)CC1. The summed E-state index contributed by atoms with van der Waals surface area (Å²) < 4.78 is 5.21. The predicted octanol–water partition coefficient (Wildman–Crippen LogP) is 1.90. The number of nitriles is 1. The van der Waals surface area contributed by atoms with Gasteiger partial charge in [-0.2, -0.15) is 5.26 Å². The van der Waals surface area contributed by atoms with Crippen molar-refractivity contribution in [3.63, 3.8) is 0 Å². The maximum atomic E-state index is 12.3. The number of aryl methyl sites for hydroxylation is 1. The Balaban J connectivity index is 1.60. The molecule has 0 spiro atoms. The molecule has 1 aliphatic rings. The first-order chi connectivity index (χ1) is 11.7. The van der Waals surface area contributed by atoms with Crippen LogP contribution in [0.3, 0.4) is 0 Å². The molecule has 0 saturated carbocycles. The van der Waals surface area contributed by atoms with Crippen LogP contribution in [0.5, 0.6) is 0 Å². The van der Waals surface area contributed by atoms with Crippen molar-refractivity contribution in [1.29, 1.82) is 5.26 Å². The maximum Gasteiger partial charge on any atom is 0.273 e. The number of carbonyl (C=O) groups is 1. The van der Waals surface area contributed by atoms with Crippen molar-refractivity contribution in [2.24, 2.45) is 0 Å². The Morgan fingerprint density at radius 2 is 2.25 bits per heavy atom. The number of nitrogens with one attached hydrogen (secondary N) is 1. The molecule has 0 aromatic carbocycles. The van der Waals surface area contributed by atoms with Gasteiger partial charge in [-0.25, -0.2) is 9.97 Å². The van der Waals surface area contributed by atoms with E-state index in [-0.39, 0.29) is 11.9 Å². The highest BCUT2D eigenvalue weighted by Crippen LogP contribution is 2.21. The van der Waals surface area contributed by atoms with Crippen LogP contribution >= 0.6 is 0 Å². The molecule has 1 aliphatic heterocycles. The molecule has 2 aromatic rings. The quantitative estimate of drug-likeness (QED) is 0.922. The average Bonchev–Trinajstić information content (AvgIpc) is 3.11. The average molecular weight is 325 g/mol. The lowest BCUT2D eigenvalue weighted by Crippen LogP contribution is -2.45. The normalized spacial score (nSPS) is 15.1. The molecular weight excluding hydrogens is 306 g/mol. The molecule has 24 heavy (non-hydrogen) atoms. The molecule has 0 atom stereocenters. The first-order valence-electron chi connectivity index (χ1n) is 8.06. The van der Waals surface area contributed by atoms with Crippen LogP contribution in [0.15, 0.2) is 29.1 Å². The van der Waals surface area contributed by atoms with E-state index in [2.05, 4.69) is 26.3 Å². The van der Waals surface area contributed by atoms with Gasteiger partial charge in [-0.15, -0.1) is 0 Å². The molecule has 3 rings (SSSR count). The number of rotatable bonds is 4. The van der Waals surface area contributed by atoms with E-state index >= 15 is 0 Å². The lowest BCUT2D eigenvalue weighted by atomic mass is 10.0. The standard InChI is InChI=1S/C17H19N5O2/c1-2-14-15(20-11-24-14)17(23)21-13-5-8-22(9-6-13)16-12(10-18)4-3-7-19-16/h3-4,7,11,13H,2,5-6,8-9H2,1H3,(H,21,23). The number of carbonyl (C=O) groups excluding carboxylic acids is 1. The minimum absolute atomic E-state index is 0.0874. The summed E-state index contributed by atoms with van der Waals surface area (Å²) in [6.07, 6.45) is 5.23. The van der Waals surface area contributed by atoms with Gasteiger partial charge in [0, 0.05) is 31.7 Å². The van der Waals surface area contributed by atoms with E-state index < -0.39 is 0 Å². The van der Waals surface area contributed by atoms with E-state index in [1.54, 1.807) is 18.3 Å². The maximum absolute atomic E-state index is 12.3. The monoisotopic (exact) mass is 325 g/mol. The third-order valence-corrected chi connectivity index (χ3v) is 4.21. The fourth-order valence-corrected chi connectivity index (χ4v) is 2.93. The highest BCUT2D eigenvalue weighted by Gasteiger charge is 2.25. The summed E-state index contributed by atoms with van der Waals surface area (Å²) in [6.45, 7) is 3.42. The van der Waals surface area contributed by atoms with E-state index in [0.717, 1.165) is 31.7 Å².